The van der Waals surface area contributed by atoms with Crippen molar-refractivity contribution in [3.05, 3.63) is 41.0 Å². The molecule has 3 nitrogen and oxygen atoms in total. The van der Waals surface area contributed by atoms with Crippen LogP contribution in [-0.4, -0.2) is 34.2 Å². The van der Waals surface area contributed by atoms with Gasteiger partial charge in [0.05, 0.1) is 11.6 Å². The number of hydrogen-bond acceptors (Lipinski definition) is 3. The predicted octanol–water partition coefficient (Wildman–Crippen LogP) is 2.45. The molecular weight excluding hydrogens is 248 g/mol. The fourth-order valence-electron chi connectivity index (χ4n) is 2.44. The number of nitrogens with zero attached hydrogens (tertiary/aromatic N) is 2. The summed E-state index contributed by atoms with van der Waals surface area (Å²) in [6, 6.07) is 10.1. The van der Waals surface area contributed by atoms with Crippen molar-refractivity contribution in [2.75, 3.05) is 13.1 Å². The van der Waals surface area contributed by atoms with Crippen molar-refractivity contribution in [2.24, 2.45) is 0 Å². The summed E-state index contributed by atoms with van der Waals surface area (Å²) < 4.78 is 0. The van der Waals surface area contributed by atoms with Crippen LogP contribution in [0.1, 0.15) is 12.0 Å². The molecule has 0 amide bonds. The molecule has 4 heteroatoms. The molecule has 3 rings (SSSR count). The highest BCUT2D eigenvalue weighted by Gasteiger charge is 2.21. The zero-order valence-electron chi connectivity index (χ0n) is 10.0. The summed E-state index contributed by atoms with van der Waals surface area (Å²) in [4.78, 5) is 6.62. The Bertz CT molecular complexity index is 573. The first-order chi connectivity index (χ1) is 8.72. The molecule has 1 saturated heterocycles. The maximum Gasteiger partial charge on any atom is 0.134 e. The second kappa shape index (κ2) is 4.84. The van der Waals surface area contributed by atoms with Gasteiger partial charge in [0, 0.05) is 30.6 Å². The molecule has 0 aliphatic carbocycles. The first-order valence-electron chi connectivity index (χ1n) is 6.17. The Morgan fingerprint density at radius 1 is 1.39 bits per heavy atom. The molecular formula is C14H15ClN2O. The second-order valence-electron chi connectivity index (χ2n) is 4.81. The standard InChI is InChI=1S/C14H15ClN2O/c15-14-11(8-17-6-5-12(18)9-17)7-10-3-1-2-4-13(10)16-14/h1-4,7,12,18H,5-6,8-9H2. The highest BCUT2D eigenvalue weighted by molar-refractivity contribution is 6.30. The molecule has 1 atom stereocenters. The Morgan fingerprint density at radius 2 is 2.22 bits per heavy atom. The summed E-state index contributed by atoms with van der Waals surface area (Å²) in [5.41, 5.74) is 1.96. The van der Waals surface area contributed by atoms with E-state index in [1.54, 1.807) is 0 Å². The van der Waals surface area contributed by atoms with Crippen LogP contribution in [0.5, 0.6) is 0 Å². The molecule has 94 valence electrons. The Kier molecular flexibility index (Phi) is 3.20. The number of aliphatic hydroxyl groups is 1. The first-order valence-corrected chi connectivity index (χ1v) is 6.55. The van der Waals surface area contributed by atoms with Gasteiger partial charge in [0.25, 0.3) is 0 Å². The Labute approximate surface area is 111 Å². The number of rotatable bonds is 2. The maximum absolute atomic E-state index is 9.53. The largest absolute Gasteiger partial charge is 0.392 e. The average Bonchev–Trinajstić information content (AvgIpc) is 2.76. The van der Waals surface area contributed by atoms with Gasteiger partial charge in [0.2, 0.25) is 0 Å². The summed E-state index contributed by atoms with van der Waals surface area (Å²) >= 11 is 6.22. The lowest BCUT2D eigenvalue weighted by molar-refractivity contribution is 0.175. The zero-order valence-corrected chi connectivity index (χ0v) is 10.8. The van der Waals surface area contributed by atoms with E-state index in [1.165, 1.54) is 0 Å². The fraction of sp³-hybridized carbons (Fsp3) is 0.357. The van der Waals surface area contributed by atoms with Crippen molar-refractivity contribution < 1.29 is 5.11 Å². The van der Waals surface area contributed by atoms with Crippen molar-refractivity contribution >= 4 is 22.5 Å². The third-order valence-electron chi connectivity index (χ3n) is 3.39. The molecule has 1 N–H and O–H groups in total. The topological polar surface area (TPSA) is 36.4 Å². The Morgan fingerprint density at radius 3 is 3.00 bits per heavy atom. The Hall–Kier alpha value is -1.16. The van der Waals surface area contributed by atoms with Gasteiger partial charge < -0.3 is 5.11 Å². The number of halogens is 1. The van der Waals surface area contributed by atoms with Gasteiger partial charge >= 0.3 is 0 Å². The number of pyridine rings is 1. The molecule has 0 saturated carbocycles. The van der Waals surface area contributed by atoms with Gasteiger partial charge in [0.15, 0.2) is 0 Å². The molecule has 0 bridgehead atoms. The van der Waals surface area contributed by atoms with Gasteiger partial charge in [0.1, 0.15) is 5.15 Å². The molecule has 1 aromatic heterocycles. The van der Waals surface area contributed by atoms with Crippen LogP contribution in [0.2, 0.25) is 5.15 Å². The van der Waals surface area contributed by atoms with E-state index in [0.29, 0.717) is 5.15 Å². The lowest BCUT2D eigenvalue weighted by Crippen LogP contribution is -2.21. The number of likely N-dealkylation sites (tertiary alicyclic amines) is 1. The zero-order chi connectivity index (χ0) is 12.5. The molecule has 1 aliphatic heterocycles. The van der Waals surface area contributed by atoms with E-state index in [9.17, 15) is 5.11 Å². The van der Waals surface area contributed by atoms with Crippen molar-refractivity contribution in [2.45, 2.75) is 19.1 Å². The minimum atomic E-state index is -0.197. The molecule has 0 radical (unpaired) electrons. The van der Waals surface area contributed by atoms with Crippen LogP contribution >= 0.6 is 11.6 Å². The molecule has 0 spiro atoms. The summed E-state index contributed by atoms with van der Waals surface area (Å²) in [7, 11) is 0. The number of para-hydroxylation sites is 1. The maximum atomic E-state index is 9.53. The summed E-state index contributed by atoms with van der Waals surface area (Å²) in [5, 5.41) is 11.2. The van der Waals surface area contributed by atoms with E-state index < -0.39 is 0 Å². The van der Waals surface area contributed by atoms with Crippen LogP contribution in [0.3, 0.4) is 0 Å². The molecule has 1 aromatic carbocycles. The van der Waals surface area contributed by atoms with Crippen molar-refractivity contribution in [1.29, 1.82) is 0 Å². The minimum Gasteiger partial charge on any atom is -0.392 e. The summed E-state index contributed by atoms with van der Waals surface area (Å²) in [6.45, 7) is 2.40. The first kappa shape index (κ1) is 11.9. The normalized spacial score (nSPS) is 20.7. The van der Waals surface area contributed by atoms with E-state index in [2.05, 4.69) is 16.0 Å². The lowest BCUT2D eigenvalue weighted by Gasteiger charge is -2.16. The average molecular weight is 263 g/mol. The Balaban J connectivity index is 1.89. The van der Waals surface area contributed by atoms with Gasteiger partial charge in [-0.2, -0.15) is 0 Å². The van der Waals surface area contributed by atoms with Crippen LogP contribution < -0.4 is 0 Å². The summed E-state index contributed by atoms with van der Waals surface area (Å²) in [5.74, 6) is 0. The smallest absolute Gasteiger partial charge is 0.134 e. The third-order valence-corrected chi connectivity index (χ3v) is 3.72. The number of β-amino-alcohol motifs (C(OH)–C–C–N with tert-alkyl or cyclic N) is 1. The van der Waals surface area contributed by atoms with Gasteiger partial charge in [-0.1, -0.05) is 29.8 Å². The minimum absolute atomic E-state index is 0.197. The predicted molar refractivity (Wildman–Crippen MR) is 72.7 cm³/mol. The molecule has 2 heterocycles. The van der Waals surface area contributed by atoms with E-state index >= 15 is 0 Å². The molecule has 1 fully saturated rings. The van der Waals surface area contributed by atoms with Crippen LogP contribution in [0, 0.1) is 0 Å². The van der Waals surface area contributed by atoms with E-state index in [-0.39, 0.29) is 6.10 Å². The molecule has 1 unspecified atom stereocenters. The van der Waals surface area contributed by atoms with Crippen LogP contribution in [0.4, 0.5) is 0 Å². The molecule has 18 heavy (non-hydrogen) atoms. The molecule has 2 aromatic rings. The second-order valence-corrected chi connectivity index (χ2v) is 5.17. The van der Waals surface area contributed by atoms with Gasteiger partial charge in [-0.05, 0) is 18.6 Å². The number of fused-ring (bicyclic) bond motifs is 1. The van der Waals surface area contributed by atoms with E-state index in [1.807, 2.05) is 24.3 Å². The number of aromatic nitrogens is 1. The molecule has 1 aliphatic rings. The monoisotopic (exact) mass is 262 g/mol. The fourth-order valence-corrected chi connectivity index (χ4v) is 2.65. The summed E-state index contributed by atoms with van der Waals surface area (Å²) in [6.07, 6.45) is 0.649. The lowest BCUT2D eigenvalue weighted by atomic mass is 10.1. The third kappa shape index (κ3) is 2.34. The van der Waals surface area contributed by atoms with Gasteiger partial charge in [-0.15, -0.1) is 0 Å². The van der Waals surface area contributed by atoms with Gasteiger partial charge in [-0.3, -0.25) is 4.90 Å². The highest BCUT2D eigenvalue weighted by atomic mass is 35.5. The number of hydrogen-bond donors (Lipinski definition) is 1. The SMILES string of the molecule is OC1CCN(Cc2cc3ccccc3nc2Cl)C1. The van der Waals surface area contributed by atoms with Crippen molar-refractivity contribution in [1.82, 2.24) is 9.88 Å². The van der Waals surface area contributed by atoms with Gasteiger partial charge in [-0.25, -0.2) is 4.98 Å². The number of benzene rings is 1. The van der Waals surface area contributed by atoms with E-state index in [4.69, 9.17) is 11.6 Å². The van der Waals surface area contributed by atoms with Crippen molar-refractivity contribution in [3.8, 4) is 0 Å². The highest BCUT2D eigenvalue weighted by Crippen LogP contribution is 2.23. The van der Waals surface area contributed by atoms with Crippen LogP contribution in [0.25, 0.3) is 10.9 Å². The van der Waals surface area contributed by atoms with Crippen molar-refractivity contribution in [3.63, 3.8) is 0 Å². The van der Waals surface area contributed by atoms with Crippen LogP contribution in [0.15, 0.2) is 30.3 Å². The van der Waals surface area contributed by atoms with E-state index in [0.717, 1.165) is 42.5 Å². The quantitative estimate of drug-likeness (QED) is 0.845. The van der Waals surface area contributed by atoms with Crippen LogP contribution in [-0.2, 0) is 6.54 Å². The number of aliphatic hydroxyl groups excluding tert-OH is 1.